The molecule has 6 nitrogen and oxygen atoms in total. The van der Waals surface area contributed by atoms with Crippen LogP contribution in [-0.2, 0) is 25.7 Å². The zero-order valence-corrected chi connectivity index (χ0v) is 21.1. The fourth-order valence-electron chi connectivity index (χ4n) is 4.05. The van der Waals surface area contributed by atoms with E-state index in [0.717, 1.165) is 36.0 Å². The van der Waals surface area contributed by atoms with Gasteiger partial charge in [0.15, 0.2) is 0 Å². The Morgan fingerprint density at radius 2 is 1.31 bits per heavy atom. The Bertz CT molecular complexity index is 999. The first-order valence-corrected chi connectivity index (χ1v) is 13.4. The van der Waals surface area contributed by atoms with Crippen molar-refractivity contribution in [3.63, 3.8) is 0 Å². The summed E-state index contributed by atoms with van der Waals surface area (Å²) >= 11 is 0. The number of amides is 1. The molecule has 35 heavy (non-hydrogen) atoms. The molecule has 3 aromatic rings. The Morgan fingerprint density at radius 3 is 1.74 bits per heavy atom. The summed E-state index contributed by atoms with van der Waals surface area (Å²) in [6.07, 6.45) is 5.69. The predicted octanol–water partition coefficient (Wildman–Crippen LogP) is 4.50. The first-order valence-electron chi connectivity index (χ1n) is 11.9. The van der Waals surface area contributed by atoms with Gasteiger partial charge >= 0.3 is 0 Å². The zero-order chi connectivity index (χ0) is 25.6. The molecule has 0 atom stereocenters. The molecule has 0 fully saturated rings. The largest absolute Gasteiger partial charge is 0.790 e. The van der Waals surface area contributed by atoms with Gasteiger partial charge in [-0.1, -0.05) is 124 Å². The van der Waals surface area contributed by atoms with Gasteiger partial charge < -0.3 is 24.6 Å². The van der Waals surface area contributed by atoms with Crippen LogP contribution in [0.5, 0.6) is 0 Å². The molecule has 0 unspecified atom stereocenters. The lowest BCUT2D eigenvalue weighted by Gasteiger charge is -2.32. The zero-order valence-electron chi connectivity index (χ0n) is 20.2. The third kappa shape index (κ3) is 9.42. The third-order valence-corrected chi connectivity index (χ3v) is 6.34. The molecule has 3 rings (SSSR count). The van der Waals surface area contributed by atoms with Crippen molar-refractivity contribution in [2.75, 3.05) is 6.61 Å². The van der Waals surface area contributed by atoms with Crippen LogP contribution >= 0.6 is 7.82 Å². The average molecular weight is 496 g/mol. The second-order valence-corrected chi connectivity index (χ2v) is 9.48. The maximum atomic E-state index is 12.5. The van der Waals surface area contributed by atoms with Gasteiger partial charge in [-0.3, -0.25) is 4.79 Å². The van der Waals surface area contributed by atoms with Crippen molar-refractivity contribution in [2.24, 2.45) is 5.73 Å². The molecule has 0 aromatic heterocycles. The minimum atomic E-state index is -4.80. The van der Waals surface area contributed by atoms with E-state index in [0.29, 0.717) is 6.42 Å². The Morgan fingerprint density at radius 1 is 0.829 bits per heavy atom. The smallest absolute Gasteiger partial charge is 0.232 e. The quantitative estimate of drug-likeness (QED) is 0.293. The highest BCUT2D eigenvalue weighted by molar-refractivity contribution is 7.43. The third-order valence-electron chi connectivity index (χ3n) is 5.84. The van der Waals surface area contributed by atoms with E-state index in [1.54, 1.807) is 0 Å². The van der Waals surface area contributed by atoms with Crippen LogP contribution in [0.4, 0.5) is 0 Å². The normalized spacial score (nSPS) is 11.4. The summed E-state index contributed by atoms with van der Waals surface area (Å²) in [6.45, 7) is 2.10. The van der Waals surface area contributed by atoms with Crippen molar-refractivity contribution in [1.82, 2.24) is 0 Å². The molecule has 188 valence electrons. The van der Waals surface area contributed by atoms with Gasteiger partial charge in [0.2, 0.25) is 5.91 Å². The number of carbonyl (C=O) groups is 1. The van der Waals surface area contributed by atoms with Gasteiger partial charge in [-0.2, -0.15) is 0 Å². The van der Waals surface area contributed by atoms with Crippen molar-refractivity contribution in [3.8, 4) is 0 Å². The number of phosphoric ester groups is 1. The van der Waals surface area contributed by atoms with Crippen LogP contribution in [0.15, 0.2) is 91.0 Å². The Labute approximate surface area is 208 Å². The molecular formula is C28H34NO5P-2. The molecule has 7 heteroatoms. The van der Waals surface area contributed by atoms with Gasteiger partial charge in [-0.15, -0.1) is 0 Å². The fraction of sp³-hybridized carbons (Fsp3) is 0.321. The first-order chi connectivity index (χ1) is 16.8. The highest BCUT2D eigenvalue weighted by atomic mass is 31.2. The molecule has 0 aliphatic heterocycles. The minimum Gasteiger partial charge on any atom is -0.790 e. The average Bonchev–Trinajstić information content (AvgIpc) is 2.85. The van der Waals surface area contributed by atoms with Crippen molar-refractivity contribution >= 4 is 13.7 Å². The summed E-state index contributed by atoms with van der Waals surface area (Å²) in [5.41, 5.74) is 8.11. The van der Waals surface area contributed by atoms with Gasteiger partial charge in [0, 0.05) is 0 Å². The summed E-state index contributed by atoms with van der Waals surface area (Å²) in [5, 5.41) is 0. The van der Waals surface area contributed by atoms with Crippen LogP contribution < -0.4 is 15.5 Å². The molecule has 0 aliphatic carbocycles. The summed E-state index contributed by atoms with van der Waals surface area (Å²) in [7, 11) is -4.80. The summed E-state index contributed by atoms with van der Waals surface area (Å²) in [6, 6.07) is 29.1. The van der Waals surface area contributed by atoms with Gasteiger partial charge in [0.1, 0.15) is 0 Å². The second-order valence-electron chi connectivity index (χ2n) is 8.33. The van der Waals surface area contributed by atoms with Crippen LogP contribution in [0.1, 0.15) is 55.7 Å². The van der Waals surface area contributed by atoms with Crippen molar-refractivity contribution < 1.29 is 23.7 Å². The standard InChI is InChI=1S/C20H25NO.C8H11O4P/c1-2-3-4-11-16-20(19(21)22,17-12-7-5-8-13-17)18-14-9-6-10-15-18;9-13(10,11)12-7-6-8-4-2-1-3-5-8/h5-10,12-15H,2-4,11,16H2,1H3,(H2,21,22);1-5H,6-7H2,(H2,9,10,11)/p-2. The van der Waals surface area contributed by atoms with Crippen LogP contribution in [0.2, 0.25) is 0 Å². The monoisotopic (exact) mass is 495 g/mol. The Hall–Kier alpha value is -2.76. The van der Waals surface area contributed by atoms with E-state index in [4.69, 9.17) is 5.73 Å². The van der Waals surface area contributed by atoms with E-state index in [1.807, 2.05) is 91.0 Å². The highest BCUT2D eigenvalue weighted by Gasteiger charge is 2.39. The molecule has 1 amide bonds. The van der Waals surface area contributed by atoms with Gasteiger partial charge in [0.05, 0.1) is 19.8 Å². The number of phosphoric acid groups is 1. The fourth-order valence-corrected chi connectivity index (χ4v) is 4.36. The molecule has 0 aliphatic rings. The van der Waals surface area contributed by atoms with Crippen LogP contribution in [0.3, 0.4) is 0 Å². The molecule has 0 spiro atoms. The number of carbonyl (C=O) groups excluding carboxylic acids is 1. The lowest BCUT2D eigenvalue weighted by atomic mass is 9.70. The molecule has 0 saturated carbocycles. The van der Waals surface area contributed by atoms with Crippen molar-refractivity contribution in [1.29, 1.82) is 0 Å². The number of rotatable bonds is 12. The first kappa shape index (κ1) is 28.5. The summed E-state index contributed by atoms with van der Waals surface area (Å²) in [5.74, 6) is -0.263. The van der Waals surface area contributed by atoms with Crippen molar-refractivity contribution in [2.45, 2.75) is 50.9 Å². The van der Waals surface area contributed by atoms with Crippen molar-refractivity contribution in [3.05, 3.63) is 108 Å². The van der Waals surface area contributed by atoms with Crippen LogP contribution in [0.25, 0.3) is 0 Å². The second kappa shape index (κ2) is 14.6. The minimum absolute atomic E-state index is 0.0890. The topological polar surface area (TPSA) is 116 Å². The van der Waals surface area contributed by atoms with E-state index < -0.39 is 13.2 Å². The number of hydrogen-bond donors (Lipinski definition) is 1. The lowest BCUT2D eigenvalue weighted by Crippen LogP contribution is -2.42. The van der Waals surface area contributed by atoms with E-state index >= 15 is 0 Å². The molecule has 0 bridgehead atoms. The summed E-state index contributed by atoms with van der Waals surface area (Å²) in [4.78, 5) is 32.7. The lowest BCUT2D eigenvalue weighted by molar-refractivity contribution is -0.341. The van der Waals surface area contributed by atoms with Crippen LogP contribution in [0, 0.1) is 0 Å². The number of primary amides is 1. The number of benzene rings is 3. The molecule has 0 radical (unpaired) electrons. The van der Waals surface area contributed by atoms with E-state index in [1.165, 1.54) is 12.8 Å². The molecule has 2 N–H and O–H groups in total. The highest BCUT2D eigenvalue weighted by Crippen LogP contribution is 2.37. The molecular weight excluding hydrogens is 461 g/mol. The molecule has 3 aromatic carbocycles. The number of nitrogens with two attached hydrogens (primary N) is 1. The molecule has 0 heterocycles. The van der Waals surface area contributed by atoms with E-state index in [2.05, 4.69) is 11.4 Å². The number of hydrogen-bond acceptors (Lipinski definition) is 5. The SMILES string of the molecule is CCCCCCC(C(N)=O)(c1ccccc1)c1ccccc1.O=P([O-])([O-])OCCc1ccccc1. The predicted molar refractivity (Wildman–Crippen MR) is 135 cm³/mol. The van der Waals surface area contributed by atoms with E-state index in [-0.39, 0.29) is 12.5 Å². The van der Waals surface area contributed by atoms with Gasteiger partial charge in [-0.05, 0) is 29.5 Å². The number of unbranched alkanes of at least 4 members (excludes halogenated alkanes) is 3. The molecule has 0 saturated heterocycles. The van der Waals surface area contributed by atoms with Gasteiger partial charge in [0.25, 0.3) is 0 Å². The van der Waals surface area contributed by atoms with Gasteiger partial charge in [-0.25, -0.2) is 0 Å². The maximum Gasteiger partial charge on any atom is 0.232 e. The van der Waals surface area contributed by atoms with Crippen LogP contribution in [-0.4, -0.2) is 12.5 Å². The summed E-state index contributed by atoms with van der Waals surface area (Å²) < 4.78 is 14.1. The Kier molecular flexibility index (Phi) is 11.9. The van der Waals surface area contributed by atoms with E-state index in [9.17, 15) is 19.1 Å². The maximum absolute atomic E-state index is 12.5. The Balaban J connectivity index is 0.000000283.